The van der Waals surface area contributed by atoms with E-state index < -0.39 is 5.97 Å². The molecule has 6 heteroatoms. The van der Waals surface area contributed by atoms with Gasteiger partial charge >= 0.3 is 5.97 Å². The van der Waals surface area contributed by atoms with Crippen molar-refractivity contribution >= 4 is 17.8 Å². The number of carbonyl (C=O) groups is 3. The zero-order valence-electron chi connectivity index (χ0n) is 10.2. The van der Waals surface area contributed by atoms with Crippen LogP contribution in [0.3, 0.4) is 0 Å². The summed E-state index contributed by atoms with van der Waals surface area (Å²) in [7, 11) is 0. The second-order valence-electron chi connectivity index (χ2n) is 3.28. The molecule has 0 bridgehead atoms. The summed E-state index contributed by atoms with van der Waals surface area (Å²) in [4.78, 5) is 34.8. The molecule has 0 aliphatic carbocycles. The molecule has 0 fully saturated rings. The topological polar surface area (TPSA) is 75.7 Å². The van der Waals surface area contributed by atoms with E-state index in [1.54, 1.807) is 6.92 Å². The van der Waals surface area contributed by atoms with Crippen molar-refractivity contribution in [2.75, 3.05) is 26.2 Å². The highest BCUT2D eigenvalue weighted by Crippen LogP contribution is 1.92. The Kier molecular flexibility index (Phi) is 7.41. The average Bonchev–Trinajstić information content (AvgIpc) is 2.25. The van der Waals surface area contributed by atoms with Crippen LogP contribution >= 0.6 is 0 Å². The molecule has 0 rings (SSSR count). The number of hydrogen-bond donors (Lipinski definition) is 1. The molecule has 0 radical (unpaired) electrons. The molecule has 0 heterocycles. The number of carbonyl (C=O) groups excluding carboxylic acids is 3. The van der Waals surface area contributed by atoms with E-state index in [2.05, 4.69) is 11.9 Å². The van der Waals surface area contributed by atoms with E-state index in [1.807, 2.05) is 0 Å². The quantitative estimate of drug-likeness (QED) is 0.491. The molecule has 0 unspecified atom stereocenters. The third-order valence-electron chi connectivity index (χ3n) is 1.82. The number of nitrogens with zero attached hydrogens (tertiary/aromatic N) is 1. The van der Waals surface area contributed by atoms with Crippen LogP contribution in [0.25, 0.3) is 0 Å². The molecule has 0 aromatic carbocycles. The first kappa shape index (κ1) is 15.2. The van der Waals surface area contributed by atoms with Gasteiger partial charge in [-0.25, -0.2) is 0 Å². The van der Waals surface area contributed by atoms with Gasteiger partial charge < -0.3 is 15.0 Å². The molecule has 0 aromatic rings. The van der Waals surface area contributed by atoms with Crippen LogP contribution in [0.4, 0.5) is 0 Å². The highest BCUT2D eigenvalue weighted by Gasteiger charge is 2.16. The van der Waals surface area contributed by atoms with Gasteiger partial charge in [0.05, 0.1) is 13.2 Å². The molecule has 0 saturated carbocycles. The van der Waals surface area contributed by atoms with E-state index in [-0.39, 0.29) is 38.1 Å². The lowest BCUT2D eigenvalue weighted by atomic mass is 10.4. The maximum Gasteiger partial charge on any atom is 0.325 e. The van der Waals surface area contributed by atoms with Gasteiger partial charge in [0.2, 0.25) is 11.8 Å². The molecule has 1 N–H and O–H groups in total. The maximum absolute atomic E-state index is 11.6. The highest BCUT2D eigenvalue weighted by atomic mass is 16.5. The maximum atomic E-state index is 11.6. The van der Waals surface area contributed by atoms with Gasteiger partial charge in [0, 0.05) is 13.5 Å². The smallest absolute Gasteiger partial charge is 0.325 e. The Morgan fingerprint density at radius 2 is 2.06 bits per heavy atom. The van der Waals surface area contributed by atoms with Crippen LogP contribution in [-0.4, -0.2) is 48.9 Å². The van der Waals surface area contributed by atoms with Gasteiger partial charge in [0.25, 0.3) is 0 Å². The predicted molar refractivity (Wildman–Crippen MR) is 62.1 cm³/mol. The van der Waals surface area contributed by atoms with Crippen LogP contribution in [0.2, 0.25) is 0 Å². The number of esters is 1. The number of nitrogens with one attached hydrogen (secondary N) is 1. The second-order valence-corrected chi connectivity index (χ2v) is 3.28. The molecule has 0 atom stereocenters. The number of ether oxygens (including phenoxy) is 1. The van der Waals surface area contributed by atoms with Crippen LogP contribution in [0.5, 0.6) is 0 Å². The minimum Gasteiger partial charge on any atom is -0.465 e. The zero-order chi connectivity index (χ0) is 13.3. The lowest BCUT2D eigenvalue weighted by Crippen LogP contribution is -2.42. The molecule has 0 aromatic heterocycles. The average molecular weight is 242 g/mol. The van der Waals surface area contributed by atoms with Crippen molar-refractivity contribution in [1.82, 2.24) is 10.2 Å². The standard InChI is InChI=1S/C11H18N2O4/c1-4-6-13(8-11(16)17-5-2)10(15)7-12-9(3)14/h4H,1,5-8H2,2-3H3,(H,12,14). The third-order valence-corrected chi connectivity index (χ3v) is 1.82. The van der Waals surface area contributed by atoms with Gasteiger partial charge in [0.1, 0.15) is 6.54 Å². The summed E-state index contributed by atoms with van der Waals surface area (Å²) in [6.07, 6.45) is 1.50. The minimum absolute atomic E-state index is 0.136. The van der Waals surface area contributed by atoms with E-state index in [0.717, 1.165) is 0 Å². The van der Waals surface area contributed by atoms with Crippen molar-refractivity contribution in [3.05, 3.63) is 12.7 Å². The first-order valence-corrected chi connectivity index (χ1v) is 5.30. The largest absolute Gasteiger partial charge is 0.465 e. The monoisotopic (exact) mass is 242 g/mol. The lowest BCUT2D eigenvalue weighted by Gasteiger charge is -2.19. The van der Waals surface area contributed by atoms with Gasteiger partial charge in [-0.05, 0) is 6.92 Å². The van der Waals surface area contributed by atoms with E-state index >= 15 is 0 Å². The molecular formula is C11H18N2O4. The molecular weight excluding hydrogens is 224 g/mol. The van der Waals surface area contributed by atoms with E-state index in [1.165, 1.54) is 17.9 Å². The Morgan fingerprint density at radius 1 is 1.41 bits per heavy atom. The number of amides is 2. The van der Waals surface area contributed by atoms with Crippen molar-refractivity contribution in [2.45, 2.75) is 13.8 Å². The van der Waals surface area contributed by atoms with Crippen molar-refractivity contribution in [3.63, 3.8) is 0 Å². The fourth-order valence-corrected chi connectivity index (χ4v) is 1.08. The van der Waals surface area contributed by atoms with Crippen LogP contribution in [0.15, 0.2) is 12.7 Å². The number of hydrogen-bond acceptors (Lipinski definition) is 4. The zero-order valence-corrected chi connectivity index (χ0v) is 10.2. The summed E-state index contributed by atoms with van der Waals surface area (Å²) in [5, 5.41) is 2.37. The Bertz CT molecular complexity index is 302. The van der Waals surface area contributed by atoms with Crippen molar-refractivity contribution in [2.24, 2.45) is 0 Å². The van der Waals surface area contributed by atoms with Gasteiger partial charge in [-0.2, -0.15) is 0 Å². The molecule has 96 valence electrons. The Morgan fingerprint density at radius 3 is 2.53 bits per heavy atom. The van der Waals surface area contributed by atoms with Gasteiger partial charge in [0.15, 0.2) is 0 Å². The molecule has 17 heavy (non-hydrogen) atoms. The van der Waals surface area contributed by atoms with E-state index in [0.29, 0.717) is 0 Å². The molecule has 0 aliphatic rings. The Labute approximate surface area is 101 Å². The SMILES string of the molecule is C=CCN(CC(=O)OCC)C(=O)CNC(C)=O. The highest BCUT2D eigenvalue weighted by molar-refractivity contribution is 5.86. The predicted octanol–water partition coefficient (Wildman–Crippen LogP) is -0.300. The Balaban J connectivity index is 4.29. The summed E-state index contributed by atoms with van der Waals surface area (Å²) < 4.78 is 4.74. The van der Waals surface area contributed by atoms with Gasteiger partial charge in [-0.1, -0.05) is 6.08 Å². The lowest BCUT2D eigenvalue weighted by molar-refractivity contribution is -0.148. The van der Waals surface area contributed by atoms with Crippen LogP contribution in [0.1, 0.15) is 13.8 Å². The summed E-state index contributed by atoms with van der Waals surface area (Å²) >= 11 is 0. The fraction of sp³-hybridized carbons (Fsp3) is 0.545. The summed E-state index contributed by atoms with van der Waals surface area (Å²) in [5.41, 5.74) is 0. The molecule has 2 amide bonds. The first-order chi connectivity index (χ1) is 8.01. The normalized spacial score (nSPS) is 9.29. The van der Waals surface area contributed by atoms with Crippen LogP contribution in [0, 0.1) is 0 Å². The Hall–Kier alpha value is -1.85. The second kappa shape index (κ2) is 8.32. The van der Waals surface area contributed by atoms with E-state index in [9.17, 15) is 14.4 Å². The number of rotatable bonds is 7. The fourth-order valence-electron chi connectivity index (χ4n) is 1.08. The summed E-state index contributed by atoms with van der Waals surface area (Å²) in [5.74, 6) is -1.13. The van der Waals surface area contributed by atoms with Crippen LogP contribution in [-0.2, 0) is 19.1 Å². The van der Waals surface area contributed by atoms with Gasteiger partial charge in [-0.15, -0.1) is 6.58 Å². The van der Waals surface area contributed by atoms with Crippen molar-refractivity contribution in [1.29, 1.82) is 0 Å². The first-order valence-electron chi connectivity index (χ1n) is 5.30. The third kappa shape index (κ3) is 7.10. The molecule has 0 saturated heterocycles. The molecule has 0 aliphatic heterocycles. The van der Waals surface area contributed by atoms with Crippen LogP contribution < -0.4 is 5.32 Å². The van der Waals surface area contributed by atoms with E-state index in [4.69, 9.17) is 4.74 Å². The summed E-state index contributed by atoms with van der Waals surface area (Å²) in [6.45, 7) is 6.72. The minimum atomic E-state index is -0.481. The van der Waals surface area contributed by atoms with Crippen molar-refractivity contribution < 1.29 is 19.1 Å². The van der Waals surface area contributed by atoms with Gasteiger partial charge in [-0.3, -0.25) is 14.4 Å². The summed E-state index contributed by atoms with van der Waals surface area (Å²) in [6, 6.07) is 0. The molecule has 6 nitrogen and oxygen atoms in total. The molecule has 0 spiro atoms. The van der Waals surface area contributed by atoms with Crippen molar-refractivity contribution in [3.8, 4) is 0 Å².